The molecule has 0 aliphatic heterocycles. The Hall–Kier alpha value is -1.43. The summed E-state index contributed by atoms with van der Waals surface area (Å²) in [6.07, 6.45) is 1.37. The lowest BCUT2D eigenvalue weighted by Gasteiger charge is -2.19. The quantitative estimate of drug-likeness (QED) is 0.891. The Kier molecular flexibility index (Phi) is 4.62. The van der Waals surface area contributed by atoms with Gasteiger partial charge in [-0.3, -0.25) is 9.78 Å². The zero-order chi connectivity index (χ0) is 12.9. The number of hydrogen-bond acceptors (Lipinski definition) is 5. The number of ketones is 1. The zero-order valence-corrected chi connectivity index (χ0v) is 11.0. The van der Waals surface area contributed by atoms with Crippen LogP contribution in [0.1, 0.15) is 25.6 Å². The van der Waals surface area contributed by atoms with Gasteiger partial charge in [0, 0.05) is 17.5 Å². The van der Waals surface area contributed by atoms with Crippen LogP contribution in [0.2, 0.25) is 0 Å². The average Bonchev–Trinajstić information content (AvgIpc) is 2.64. The Labute approximate surface area is 104 Å². The molecule has 0 unspecified atom stereocenters. The number of hydrogen-bond donors (Lipinski definition) is 1. The first kappa shape index (κ1) is 13.6. The van der Waals surface area contributed by atoms with Crippen LogP contribution in [0, 0.1) is 0 Å². The number of carbonyl (C=O) groups excluding carboxylic acids is 2. The van der Waals surface area contributed by atoms with E-state index < -0.39 is 11.7 Å². The molecule has 0 atom stereocenters. The summed E-state index contributed by atoms with van der Waals surface area (Å²) in [6.45, 7) is 5.29. The number of Topliss-reactive ketones (excluding diaryl/α,β-unsaturated/α-hetero) is 1. The van der Waals surface area contributed by atoms with Crippen molar-refractivity contribution in [1.29, 1.82) is 0 Å². The van der Waals surface area contributed by atoms with Crippen LogP contribution < -0.4 is 5.32 Å². The van der Waals surface area contributed by atoms with Gasteiger partial charge in [0.15, 0.2) is 5.78 Å². The van der Waals surface area contributed by atoms with E-state index in [-0.39, 0.29) is 12.3 Å². The number of rotatable bonds is 4. The molecule has 0 fully saturated rings. The van der Waals surface area contributed by atoms with Gasteiger partial charge in [0.25, 0.3) is 0 Å². The van der Waals surface area contributed by atoms with E-state index in [2.05, 4.69) is 10.3 Å². The highest BCUT2D eigenvalue weighted by atomic mass is 32.1. The normalized spacial score (nSPS) is 11.0. The lowest BCUT2D eigenvalue weighted by molar-refractivity contribution is -0.117. The van der Waals surface area contributed by atoms with Gasteiger partial charge in [-0.1, -0.05) is 0 Å². The van der Waals surface area contributed by atoms with Crippen LogP contribution in [0.4, 0.5) is 4.79 Å². The summed E-state index contributed by atoms with van der Waals surface area (Å²) in [4.78, 5) is 27.5. The Balaban J connectivity index is 2.26. The van der Waals surface area contributed by atoms with Crippen molar-refractivity contribution in [3.8, 4) is 0 Å². The lowest BCUT2D eigenvalue weighted by atomic mass is 10.2. The van der Waals surface area contributed by atoms with Gasteiger partial charge in [-0.05, 0) is 20.8 Å². The number of carbonyl (C=O) groups is 2. The molecule has 1 amide bonds. The van der Waals surface area contributed by atoms with E-state index in [1.54, 1.807) is 32.5 Å². The van der Waals surface area contributed by atoms with E-state index in [1.165, 1.54) is 11.3 Å². The first-order valence-corrected chi connectivity index (χ1v) is 6.11. The molecule has 5 nitrogen and oxygen atoms in total. The molecule has 0 radical (unpaired) electrons. The second kappa shape index (κ2) is 5.77. The molecule has 0 aromatic carbocycles. The molecule has 6 heteroatoms. The molecule has 0 saturated heterocycles. The fourth-order valence-corrected chi connectivity index (χ4v) is 1.69. The van der Waals surface area contributed by atoms with E-state index >= 15 is 0 Å². The predicted octanol–water partition coefficient (Wildman–Crippen LogP) is 1.78. The van der Waals surface area contributed by atoms with E-state index in [1.807, 2.05) is 0 Å². The zero-order valence-electron chi connectivity index (χ0n) is 10.1. The van der Waals surface area contributed by atoms with Gasteiger partial charge in [-0.25, -0.2) is 4.79 Å². The second-order valence-electron chi connectivity index (χ2n) is 4.54. The highest BCUT2D eigenvalue weighted by Gasteiger charge is 2.16. The predicted molar refractivity (Wildman–Crippen MR) is 65.1 cm³/mol. The number of alkyl carbamates (subject to hydrolysis) is 1. The van der Waals surface area contributed by atoms with Gasteiger partial charge < -0.3 is 10.1 Å². The summed E-state index contributed by atoms with van der Waals surface area (Å²) < 4.78 is 5.01. The third-order valence-corrected chi connectivity index (χ3v) is 2.46. The largest absolute Gasteiger partial charge is 0.444 e. The summed E-state index contributed by atoms with van der Waals surface area (Å²) in [7, 11) is 0. The van der Waals surface area contributed by atoms with Crippen LogP contribution in [-0.2, 0) is 16.0 Å². The van der Waals surface area contributed by atoms with E-state index in [0.717, 1.165) is 4.88 Å². The molecule has 17 heavy (non-hydrogen) atoms. The van der Waals surface area contributed by atoms with Crippen LogP contribution in [0.25, 0.3) is 0 Å². The number of nitrogens with zero attached hydrogens (tertiary/aromatic N) is 1. The molecular weight excluding hydrogens is 240 g/mol. The summed E-state index contributed by atoms with van der Waals surface area (Å²) in [5, 5.41) is 2.42. The molecule has 0 spiro atoms. The number of amides is 1. The molecule has 94 valence electrons. The van der Waals surface area contributed by atoms with Crippen LogP contribution in [-0.4, -0.2) is 29.0 Å². The van der Waals surface area contributed by atoms with Crippen molar-refractivity contribution in [3.63, 3.8) is 0 Å². The summed E-state index contributed by atoms with van der Waals surface area (Å²) >= 11 is 1.42. The van der Waals surface area contributed by atoms with Crippen molar-refractivity contribution in [2.45, 2.75) is 32.8 Å². The van der Waals surface area contributed by atoms with E-state index in [0.29, 0.717) is 6.42 Å². The molecule has 1 rings (SSSR count). The minimum Gasteiger partial charge on any atom is -0.444 e. The van der Waals surface area contributed by atoms with Crippen molar-refractivity contribution < 1.29 is 14.3 Å². The molecular formula is C11H16N2O3S. The molecule has 0 aliphatic carbocycles. The second-order valence-corrected chi connectivity index (χ2v) is 5.51. The van der Waals surface area contributed by atoms with Gasteiger partial charge in [0.05, 0.1) is 12.1 Å². The van der Waals surface area contributed by atoms with Crippen LogP contribution >= 0.6 is 11.3 Å². The van der Waals surface area contributed by atoms with Crippen molar-refractivity contribution in [1.82, 2.24) is 10.3 Å². The maximum Gasteiger partial charge on any atom is 0.408 e. The molecule has 1 N–H and O–H groups in total. The van der Waals surface area contributed by atoms with Gasteiger partial charge >= 0.3 is 6.09 Å². The highest BCUT2D eigenvalue weighted by molar-refractivity contribution is 7.09. The third kappa shape index (κ3) is 6.01. The fraction of sp³-hybridized carbons (Fsp3) is 0.545. The average molecular weight is 256 g/mol. The van der Waals surface area contributed by atoms with Gasteiger partial charge in [0.2, 0.25) is 0 Å². The number of thiazole rings is 1. The van der Waals surface area contributed by atoms with Crippen LogP contribution in [0.3, 0.4) is 0 Å². The maximum absolute atomic E-state index is 11.5. The third-order valence-electron chi connectivity index (χ3n) is 1.68. The molecule has 1 aromatic heterocycles. The number of aromatic nitrogens is 1. The minimum absolute atomic E-state index is 0.0210. The smallest absolute Gasteiger partial charge is 0.408 e. The highest BCUT2D eigenvalue weighted by Crippen LogP contribution is 2.07. The minimum atomic E-state index is -0.574. The molecule has 0 bridgehead atoms. The van der Waals surface area contributed by atoms with Crippen molar-refractivity contribution in [2.75, 3.05) is 6.54 Å². The summed E-state index contributed by atoms with van der Waals surface area (Å²) in [5.41, 5.74) is 1.12. The van der Waals surface area contributed by atoms with Gasteiger partial charge in [-0.15, -0.1) is 11.3 Å². The Bertz CT molecular complexity index is 382. The van der Waals surface area contributed by atoms with Gasteiger partial charge in [0.1, 0.15) is 5.60 Å². The van der Waals surface area contributed by atoms with Crippen LogP contribution in [0.15, 0.2) is 11.7 Å². The standard InChI is InChI=1S/C11H16N2O3S/c1-11(2,3)16-10(15)13-5-8(14)4-9-6-12-7-17-9/h6-7H,4-5H2,1-3H3,(H,13,15). The van der Waals surface area contributed by atoms with Crippen molar-refractivity contribution in [3.05, 3.63) is 16.6 Å². The SMILES string of the molecule is CC(C)(C)OC(=O)NCC(=O)Cc1cncs1. The molecule has 0 aliphatic rings. The Morgan fingerprint density at radius 1 is 1.47 bits per heavy atom. The van der Waals surface area contributed by atoms with Gasteiger partial charge in [-0.2, -0.15) is 0 Å². The molecule has 0 saturated carbocycles. The van der Waals surface area contributed by atoms with Crippen LogP contribution in [0.5, 0.6) is 0 Å². The first-order valence-electron chi connectivity index (χ1n) is 5.23. The summed E-state index contributed by atoms with van der Waals surface area (Å²) in [5.74, 6) is -0.0693. The molecule has 1 aromatic rings. The number of ether oxygens (including phenoxy) is 1. The Morgan fingerprint density at radius 2 is 2.18 bits per heavy atom. The maximum atomic E-state index is 11.5. The lowest BCUT2D eigenvalue weighted by Crippen LogP contribution is -2.35. The molecule has 1 heterocycles. The first-order chi connectivity index (χ1) is 7.87. The van der Waals surface area contributed by atoms with Crippen molar-refractivity contribution in [2.24, 2.45) is 0 Å². The Morgan fingerprint density at radius 3 is 2.71 bits per heavy atom. The monoisotopic (exact) mass is 256 g/mol. The topological polar surface area (TPSA) is 68.3 Å². The number of nitrogens with one attached hydrogen (secondary N) is 1. The van der Waals surface area contributed by atoms with E-state index in [4.69, 9.17) is 4.74 Å². The fourth-order valence-electron chi connectivity index (χ4n) is 1.07. The summed E-state index contributed by atoms with van der Waals surface area (Å²) in [6, 6.07) is 0. The van der Waals surface area contributed by atoms with Crippen molar-refractivity contribution >= 4 is 23.2 Å². The van der Waals surface area contributed by atoms with E-state index in [9.17, 15) is 9.59 Å².